The zero-order valence-electron chi connectivity index (χ0n) is 41.3. The van der Waals surface area contributed by atoms with Gasteiger partial charge in [-0.25, -0.2) is 21.6 Å². The molecule has 0 radical (unpaired) electrons. The molecule has 2 amide bonds. The Morgan fingerprint density at radius 1 is 0.809 bits per heavy atom. The number of anilines is 1. The molecule has 0 bridgehead atoms. The zero-order valence-corrected chi connectivity index (χ0v) is 42.9. The quantitative estimate of drug-likeness (QED) is 0.0330. The molecule has 68 heavy (non-hydrogen) atoms. The van der Waals surface area contributed by atoms with Crippen LogP contribution in [0, 0.1) is 0 Å². The summed E-state index contributed by atoms with van der Waals surface area (Å²) in [4.78, 5) is 43.6. The largest absolute Gasteiger partial charge is 0.744 e. The lowest BCUT2D eigenvalue weighted by Gasteiger charge is -2.29. The average Bonchev–Trinajstić information content (AvgIpc) is 3.74. The molecule has 3 aliphatic rings. The van der Waals surface area contributed by atoms with Crippen LogP contribution in [0.2, 0.25) is 0 Å². The van der Waals surface area contributed by atoms with Crippen molar-refractivity contribution in [3.8, 4) is 5.75 Å². The maximum absolute atomic E-state index is 12.8. The van der Waals surface area contributed by atoms with Gasteiger partial charge in [0.25, 0.3) is 11.8 Å². The monoisotopic (exact) mass is 973 g/mol. The minimum atomic E-state index is -4.72. The second-order valence-electron chi connectivity index (χ2n) is 21.0. The summed E-state index contributed by atoms with van der Waals surface area (Å²) in [5.74, 6) is -0.820. The van der Waals surface area contributed by atoms with Crippen LogP contribution in [-0.2, 0) is 56.4 Å². The Morgan fingerprint density at radius 3 is 2.01 bits per heavy atom. The molecule has 0 N–H and O–H groups in total. The van der Waals surface area contributed by atoms with E-state index in [9.17, 15) is 35.8 Å². The van der Waals surface area contributed by atoms with Crippen LogP contribution in [0.4, 0.5) is 11.4 Å². The van der Waals surface area contributed by atoms with Crippen molar-refractivity contribution in [2.45, 2.75) is 86.8 Å². The summed E-state index contributed by atoms with van der Waals surface area (Å²) >= 11 is 0. The van der Waals surface area contributed by atoms with E-state index < -0.39 is 48.6 Å². The highest BCUT2D eigenvalue weighted by atomic mass is 32.2. The van der Waals surface area contributed by atoms with Gasteiger partial charge in [-0.3, -0.25) is 9.59 Å². The minimum Gasteiger partial charge on any atom is -0.744 e. The number of quaternary nitrogens is 2. The highest BCUT2D eigenvalue weighted by Crippen LogP contribution is 2.49. The highest BCUT2D eigenvalue weighted by Gasteiger charge is 2.45. The Morgan fingerprint density at radius 2 is 1.41 bits per heavy atom. The lowest BCUT2D eigenvalue weighted by atomic mass is 9.81. The summed E-state index contributed by atoms with van der Waals surface area (Å²) in [6, 6.07) is 17.1. The van der Waals surface area contributed by atoms with Crippen LogP contribution < -0.4 is 9.64 Å². The van der Waals surface area contributed by atoms with E-state index in [4.69, 9.17) is 9.57 Å². The van der Waals surface area contributed by atoms with Gasteiger partial charge in [0, 0.05) is 66.6 Å². The van der Waals surface area contributed by atoms with Crippen LogP contribution in [0.3, 0.4) is 0 Å². The Balaban J connectivity index is 1.41. The molecule has 3 heterocycles. The standard InChI is InChI=1S/C51H67N5O10S2/c1-50(2)41-34-39(67(11,60)61)21-23-43(41)52(30-12-32-55(5,6)7)45(50)25-19-38(65-37-17-14-36(15-18-37)16-29-49(59)66-54-47(57)27-28-48(54)58)20-26-46-51(3,4)42-35-40(68(62,63)64)22-24-44(42)53(46)31-13-33-56(8,9)10/h14-15,17-26,34-35H,12-13,16,27-33H2,1-11H3/q+2. The van der Waals surface area contributed by atoms with E-state index in [0.29, 0.717) is 29.7 Å². The van der Waals surface area contributed by atoms with E-state index in [1.807, 2.05) is 56.4 Å². The number of hydrogen-bond acceptors (Lipinski definition) is 11. The topological polar surface area (TPSA) is 170 Å². The Kier molecular flexibility index (Phi) is 14.9. The van der Waals surface area contributed by atoms with E-state index in [-0.39, 0.29) is 35.5 Å². The Labute approximate surface area is 402 Å². The number of nitrogens with zero attached hydrogens (tertiary/aromatic N) is 5. The van der Waals surface area contributed by atoms with E-state index >= 15 is 0 Å². The minimum absolute atomic E-state index is 0.0127. The summed E-state index contributed by atoms with van der Waals surface area (Å²) in [5.41, 5.74) is 4.65. The second kappa shape index (κ2) is 19.5. The summed E-state index contributed by atoms with van der Waals surface area (Å²) in [7, 11) is 4.63. The first-order chi connectivity index (χ1) is 31.5. The number of fused-ring (bicyclic) bond motifs is 2. The van der Waals surface area contributed by atoms with Crippen molar-refractivity contribution in [1.82, 2.24) is 5.06 Å². The SMILES string of the molecule is CC1(C)C(=CC=C(C=CC2=[N+](CCC[N+](C)(C)C)c3ccc(S(C)(=O)=O)cc3C2(C)C)Oc2ccc(CCC(=O)ON3C(=O)CCC3=O)cc2)N(CCC[N+](C)(C)C)c2ccc(S(=O)(=O)[O-])cc21. The molecule has 0 atom stereocenters. The molecule has 366 valence electrons. The molecule has 0 saturated carbocycles. The van der Waals surface area contributed by atoms with Gasteiger partial charge in [-0.05, 0) is 92.1 Å². The fraction of sp³-hybridized carbons (Fsp3) is 0.451. The van der Waals surface area contributed by atoms with Crippen molar-refractivity contribution in [2.24, 2.45) is 0 Å². The molecule has 0 aliphatic carbocycles. The number of amides is 2. The Hall–Kier alpha value is -5.46. The van der Waals surface area contributed by atoms with Crippen LogP contribution >= 0.6 is 0 Å². The van der Waals surface area contributed by atoms with E-state index in [1.165, 1.54) is 18.4 Å². The van der Waals surface area contributed by atoms with E-state index in [1.54, 1.807) is 30.3 Å². The Bertz CT molecular complexity index is 2810. The predicted octanol–water partition coefficient (Wildman–Crippen LogP) is 6.30. The van der Waals surface area contributed by atoms with Crippen molar-refractivity contribution in [3.05, 3.63) is 113 Å². The molecule has 6 rings (SSSR count). The van der Waals surface area contributed by atoms with Crippen molar-refractivity contribution in [1.29, 1.82) is 0 Å². The highest BCUT2D eigenvalue weighted by molar-refractivity contribution is 7.90. The number of carbonyl (C=O) groups is 3. The van der Waals surface area contributed by atoms with Gasteiger partial charge in [0.15, 0.2) is 22.1 Å². The van der Waals surface area contributed by atoms with Gasteiger partial charge in [-0.2, -0.15) is 4.58 Å². The van der Waals surface area contributed by atoms with Gasteiger partial charge in [0.05, 0.1) is 83.4 Å². The number of hydrogen-bond donors (Lipinski definition) is 0. The number of ether oxygens (including phenoxy) is 1. The molecule has 17 heteroatoms. The van der Waals surface area contributed by atoms with Gasteiger partial charge in [0.1, 0.15) is 21.6 Å². The number of rotatable bonds is 19. The molecular weight excluding hydrogens is 907 g/mol. The number of carbonyl (C=O) groups excluding carboxylic acids is 3. The fourth-order valence-corrected chi connectivity index (χ4v) is 10.1. The van der Waals surface area contributed by atoms with Gasteiger partial charge in [-0.1, -0.05) is 26.0 Å². The van der Waals surface area contributed by atoms with Crippen LogP contribution in [-0.4, -0.2) is 138 Å². The number of sulfone groups is 1. The predicted molar refractivity (Wildman–Crippen MR) is 260 cm³/mol. The maximum atomic E-state index is 12.8. The lowest BCUT2D eigenvalue weighted by Crippen LogP contribution is -2.37. The number of hydroxylamine groups is 2. The number of imide groups is 1. The average molecular weight is 974 g/mol. The molecule has 1 saturated heterocycles. The molecule has 15 nitrogen and oxygen atoms in total. The second-order valence-corrected chi connectivity index (χ2v) is 24.4. The third kappa shape index (κ3) is 12.2. The van der Waals surface area contributed by atoms with Crippen molar-refractivity contribution in [2.75, 3.05) is 79.6 Å². The van der Waals surface area contributed by atoms with Gasteiger partial charge in [-0.15, -0.1) is 5.06 Å². The number of aryl methyl sites for hydroxylation is 1. The first-order valence-electron chi connectivity index (χ1n) is 22.9. The first kappa shape index (κ1) is 51.9. The van der Waals surface area contributed by atoms with Gasteiger partial charge in [0.2, 0.25) is 5.69 Å². The summed E-state index contributed by atoms with van der Waals surface area (Å²) in [6.45, 7) is 11.3. The number of benzene rings is 3. The lowest BCUT2D eigenvalue weighted by molar-refractivity contribution is -0.871. The van der Waals surface area contributed by atoms with Crippen molar-refractivity contribution >= 4 is 54.8 Å². The summed E-state index contributed by atoms with van der Waals surface area (Å²) in [6.07, 6.45) is 10.9. The number of allylic oxidation sites excluding steroid dienone is 5. The smallest absolute Gasteiger partial charge is 0.333 e. The van der Waals surface area contributed by atoms with E-state index in [2.05, 4.69) is 65.6 Å². The fourth-order valence-electron chi connectivity index (χ4n) is 8.94. The van der Waals surface area contributed by atoms with Crippen LogP contribution in [0.1, 0.15) is 76.5 Å². The molecule has 0 aromatic heterocycles. The third-order valence-electron chi connectivity index (χ3n) is 12.7. The molecule has 1 fully saturated rings. The molecule has 3 aliphatic heterocycles. The van der Waals surface area contributed by atoms with Crippen LogP contribution in [0.25, 0.3) is 0 Å². The molecular formula is C51H67N5O10S2+2. The maximum Gasteiger partial charge on any atom is 0.333 e. The first-order valence-corrected chi connectivity index (χ1v) is 26.2. The normalized spacial score (nSPS) is 18.0. The summed E-state index contributed by atoms with van der Waals surface area (Å²) < 4.78 is 72.7. The zero-order chi connectivity index (χ0) is 50.2. The van der Waals surface area contributed by atoms with Crippen molar-refractivity contribution in [3.63, 3.8) is 0 Å². The van der Waals surface area contributed by atoms with Gasteiger partial charge < -0.3 is 28.0 Å². The van der Waals surface area contributed by atoms with Crippen LogP contribution in [0.15, 0.2) is 106 Å². The van der Waals surface area contributed by atoms with Gasteiger partial charge >= 0.3 is 5.97 Å². The van der Waals surface area contributed by atoms with E-state index in [0.717, 1.165) is 74.4 Å². The van der Waals surface area contributed by atoms with Crippen LogP contribution in [0.5, 0.6) is 5.75 Å². The third-order valence-corrected chi connectivity index (χ3v) is 14.6. The molecule has 0 unspecified atom stereocenters. The van der Waals surface area contributed by atoms with Crippen molar-refractivity contribution < 1.29 is 58.9 Å². The molecule has 0 spiro atoms. The summed E-state index contributed by atoms with van der Waals surface area (Å²) in [5, 5.41) is 0.543. The molecule has 3 aromatic rings. The molecule has 3 aromatic carbocycles.